The fraction of sp³-hybridized carbons (Fsp3) is 1.00. The number of aliphatic hydroxyl groups is 1. The van der Waals surface area contributed by atoms with Crippen molar-refractivity contribution in [1.29, 1.82) is 0 Å². The van der Waals surface area contributed by atoms with E-state index >= 15 is 0 Å². The lowest BCUT2D eigenvalue weighted by molar-refractivity contribution is 0.224. The molecule has 1 aliphatic rings. The molecule has 0 aromatic carbocycles. The highest BCUT2D eigenvalue weighted by molar-refractivity contribution is 7.99. The van der Waals surface area contributed by atoms with Crippen LogP contribution in [0.3, 0.4) is 0 Å². The van der Waals surface area contributed by atoms with Crippen molar-refractivity contribution in [3.8, 4) is 0 Å². The Bertz CT molecular complexity index is 144. The minimum atomic E-state index is -0.387. The molecule has 0 amide bonds. The van der Waals surface area contributed by atoms with Crippen molar-refractivity contribution in [1.82, 2.24) is 0 Å². The molecule has 0 radical (unpaired) electrons. The van der Waals surface area contributed by atoms with Crippen LogP contribution in [0.25, 0.3) is 0 Å². The number of aliphatic hydroxyl groups excluding tert-OH is 1. The number of rotatable bonds is 4. The highest BCUT2D eigenvalue weighted by atomic mass is 32.2. The van der Waals surface area contributed by atoms with E-state index in [2.05, 4.69) is 0 Å². The fourth-order valence-corrected chi connectivity index (χ4v) is 2.96. The standard InChI is InChI=1S/C10H21NOS/c1-10(11,7-12)8-13-9-5-3-2-4-6-9/h9,12H,2-8,11H2,1H3. The summed E-state index contributed by atoms with van der Waals surface area (Å²) in [6.45, 7) is 2.01. The highest BCUT2D eigenvalue weighted by Crippen LogP contribution is 2.29. The van der Waals surface area contributed by atoms with Gasteiger partial charge in [-0.25, -0.2) is 0 Å². The molecule has 1 fully saturated rings. The van der Waals surface area contributed by atoms with E-state index in [1.807, 2.05) is 18.7 Å². The molecule has 0 aliphatic heterocycles. The van der Waals surface area contributed by atoms with Crippen molar-refractivity contribution >= 4 is 11.8 Å². The summed E-state index contributed by atoms with van der Waals surface area (Å²) in [5, 5.41) is 9.78. The summed E-state index contributed by atoms with van der Waals surface area (Å²) in [6.07, 6.45) is 6.82. The van der Waals surface area contributed by atoms with Gasteiger partial charge in [0.05, 0.1) is 6.61 Å². The summed E-state index contributed by atoms with van der Waals surface area (Å²) >= 11 is 1.94. The molecule has 0 heterocycles. The second kappa shape index (κ2) is 5.23. The molecule has 1 aliphatic carbocycles. The van der Waals surface area contributed by atoms with Crippen LogP contribution in [0.5, 0.6) is 0 Å². The number of hydrogen-bond acceptors (Lipinski definition) is 3. The van der Waals surface area contributed by atoms with E-state index in [0.29, 0.717) is 0 Å². The molecule has 2 nitrogen and oxygen atoms in total. The minimum absolute atomic E-state index is 0.0900. The van der Waals surface area contributed by atoms with Crippen molar-refractivity contribution in [2.24, 2.45) is 5.73 Å². The van der Waals surface area contributed by atoms with Crippen molar-refractivity contribution in [3.05, 3.63) is 0 Å². The molecule has 1 saturated carbocycles. The first kappa shape index (κ1) is 11.3. The zero-order chi connectivity index (χ0) is 9.73. The lowest BCUT2D eigenvalue weighted by atomic mass is 10.0. The number of nitrogens with two attached hydrogens (primary N) is 1. The molecule has 3 N–H and O–H groups in total. The van der Waals surface area contributed by atoms with Crippen LogP contribution in [0.15, 0.2) is 0 Å². The van der Waals surface area contributed by atoms with Gasteiger partial charge in [-0.1, -0.05) is 19.3 Å². The molecular weight excluding hydrogens is 182 g/mol. The van der Waals surface area contributed by atoms with E-state index < -0.39 is 0 Å². The summed E-state index contributed by atoms with van der Waals surface area (Å²) in [6, 6.07) is 0. The molecule has 78 valence electrons. The Balaban J connectivity index is 2.17. The smallest absolute Gasteiger partial charge is 0.0616 e. The van der Waals surface area contributed by atoms with Gasteiger partial charge in [-0.15, -0.1) is 0 Å². The van der Waals surface area contributed by atoms with E-state index in [-0.39, 0.29) is 12.1 Å². The second-order valence-electron chi connectivity index (χ2n) is 4.38. The summed E-state index contributed by atoms with van der Waals surface area (Å²) in [7, 11) is 0. The van der Waals surface area contributed by atoms with Gasteiger partial charge in [0.15, 0.2) is 0 Å². The van der Waals surface area contributed by atoms with Crippen molar-refractivity contribution in [2.45, 2.75) is 49.8 Å². The van der Waals surface area contributed by atoms with Gasteiger partial charge in [0.25, 0.3) is 0 Å². The maximum Gasteiger partial charge on any atom is 0.0616 e. The van der Waals surface area contributed by atoms with Gasteiger partial charge in [-0.2, -0.15) is 11.8 Å². The van der Waals surface area contributed by atoms with E-state index in [4.69, 9.17) is 10.8 Å². The third-order valence-electron chi connectivity index (χ3n) is 2.56. The maximum atomic E-state index is 8.99. The zero-order valence-corrected chi connectivity index (χ0v) is 9.28. The van der Waals surface area contributed by atoms with Crippen LogP contribution in [-0.4, -0.2) is 28.3 Å². The fourth-order valence-electron chi connectivity index (χ4n) is 1.59. The van der Waals surface area contributed by atoms with Crippen LogP contribution >= 0.6 is 11.8 Å². The summed E-state index contributed by atoms with van der Waals surface area (Å²) < 4.78 is 0. The first-order chi connectivity index (χ1) is 6.14. The van der Waals surface area contributed by atoms with Gasteiger partial charge in [0, 0.05) is 16.5 Å². The number of thioether (sulfide) groups is 1. The summed E-state index contributed by atoms with van der Waals surface area (Å²) in [5.41, 5.74) is 5.48. The normalized spacial score (nSPS) is 24.2. The second-order valence-corrected chi connectivity index (χ2v) is 5.67. The van der Waals surface area contributed by atoms with Crippen molar-refractivity contribution in [3.63, 3.8) is 0 Å². The Morgan fingerprint density at radius 3 is 2.54 bits per heavy atom. The lowest BCUT2D eigenvalue weighted by Gasteiger charge is -2.26. The van der Waals surface area contributed by atoms with Crippen LogP contribution < -0.4 is 5.73 Å². The van der Waals surface area contributed by atoms with E-state index in [1.165, 1.54) is 32.1 Å². The van der Waals surface area contributed by atoms with E-state index in [0.717, 1.165) is 11.0 Å². The molecule has 1 atom stereocenters. The lowest BCUT2D eigenvalue weighted by Crippen LogP contribution is -2.43. The first-order valence-electron chi connectivity index (χ1n) is 5.15. The molecular formula is C10H21NOS. The van der Waals surface area contributed by atoms with E-state index in [1.54, 1.807) is 0 Å². The molecule has 1 rings (SSSR count). The van der Waals surface area contributed by atoms with Gasteiger partial charge in [-0.05, 0) is 19.8 Å². The Kier molecular flexibility index (Phi) is 4.56. The molecule has 13 heavy (non-hydrogen) atoms. The SMILES string of the molecule is CC(N)(CO)CSC1CCCCC1. The predicted molar refractivity (Wildman–Crippen MR) is 59.0 cm³/mol. The monoisotopic (exact) mass is 203 g/mol. The number of hydrogen-bond donors (Lipinski definition) is 2. The Morgan fingerprint density at radius 1 is 1.38 bits per heavy atom. The third-order valence-corrected chi connectivity index (χ3v) is 4.33. The zero-order valence-electron chi connectivity index (χ0n) is 8.46. The molecule has 0 bridgehead atoms. The summed E-state index contributed by atoms with van der Waals surface area (Å²) in [4.78, 5) is 0. The molecule has 0 spiro atoms. The average Bonchev–Trinajstić information content (AvgIpc) is 2.17. The van der Waals surface area contributed by atoms with Crippen molar-refractivity contribution in [2.75, 3.05) is 12.4 Å². The van der Waals surface area contributed by atoms with Gasteiger partial charge in [0.1, 0.15) is 0 Å². The summed E-state index contributed by atoms with van der Waals surface area (Å²) in [5.74, 6) is 0.883. The first-order valence-corrected chi connectivity index (χ1v) is 6.20. The average molecular weight is 203 g/mol. The van der Waals surface area contributed by atoms with E-state index in [9.17, 15) is 0 Å². The molecule has 0 saturated heterocycles. The maximum absolute atomic E-state index is 8.99. The largest absolute Gasteiger partial charge is 0.394 e. The topological polar surface area (TPSA) is 46.2 Å². The van der Waals surface area contributed by atoms with Crippen LogP contribution in [-0.2, 0) is 0 Å². The molecule has 1 unspecified atom stereocenters. The van der Waals surface area contributed by atoms with Crippen LogP contribution in [0.1, 0.15) is 39.0 Å². The molecule has 0 aromatic rings. The quantitative estimate of drug-likeness (QED) is 0.732. The van der Waals surface area contributed by atoms with Crippen LogP contribution in [0, 0.1) is 0 Å². The Hall–Kier alpha value is 0.270. The highest BCUT2D eigenvalue weighted by Gasteiger charge is 2.21. The van der Waals surface area contributed by atoms with Crippen LogP contribution in [0.2, 0.25) is 0 Å². The van der Waals surface area contributed by atoms with Crippen LogP contribution in [0.4, 0.5) is 0 Å². The molecule has 3 heteroatoms. The predicted octanol–water partition coefficient (Wildman–Crippen LogP) is 1.76. The van der Waals surface area contributed by atoms with Gasteiger partial charge < -0.3 is 10.8 Å². The van der Waals surface area contributed by atoms with Crippen molar-refractivity contribution < 1.29 is 5.11 Å². The van der Waals surface area contributed by atoms with Gasteiger partial charge >= 0.3 is 0 Å². The van der Waals surface area contributed by atoms with Gasteiger partial charge in [0.2, 0.25) is 0 Å². The Morgan fingerprint density at radius 2 is 2.00 bits per heavy atom. The van der Waals surface area contributed by atoms with Gasteiger partial charge in [-0.3, -0.25) is 0 Å². The Labute approximate surface area is 85.3 Å². The molecule has 0 aromatic heterocycles. The third kappa shape index (κ3) is 4.34. The minimum Gasteiger partial charge on any atom is -0.394 e.